The minimum atomic E-state index is -0.581. The zero-order valence-electron chi connectivity index (χ0n) is 16.0. The van der Waals surface area contributed by atoms with Crippen LogP contribution in [0.1, 0.15) is 42.4 Å². The van der Waals surface area contributed by atoms with Gasteiger partial charge in [-0.1, -0.05) is 0 Å². The number of ketones is 2. The van der Waals surface area contributed by atoms with Gasteiger partial charge in [-0.2, -0.15) is 6.07 Å². The first-order valence-electron chi connectivity index (χ1n) is 9.51. The van der Waals surface area contributed by atoms with Crippen molar-refractivity contribution in [3.8, 4) is 5.75 Å². The molecule has 2 heterocycles. The Balaban J connectivity index is 0.00000240. The largest absolute Gasteiger partial charge is 0.593 e. The molecule has 2 aromatic rings. The Kier molecular flexibility index (Phi) is 7.74. The van der Waals surface area contributed by atoms with Crippen LogP contribution in [0.3, 0.4) is 0 Å². The van der Waals surface area contributed by atoms with Crippen molar-refractivity contribution in [1.82, 2.24) is 4.98 Å². The normalized spacial score (nSPS) is 23.6. The summed E-state index contributed by atoms with van der Waals surface area (Å²) in [5, 5.41) is 10.1. The average molecular weight is 473 g/mol. The number of hydrogen-bond donors (Lipinski definition) is 1. The maximum absolute atomic E-state index is 12.3. The van der Waals surface area contributed by atoms with E-state index in [9.17, 15) is 14.7 Å². The van der Waals surface area contributed by atoms with Crippen molar-refractivity contribution in [2.45, 2.75) is 38.4 Å². The number of aliphatic hydroxyl groups is 1. The summed E-state index contributed by atoms with van der Waals surface area (Å²) < 4.78 is 16.7. The van der Waals surface area contributed by atoms with E-state index in [1.54, 1.807) is 24.4 Å². The van der Waals surface area contributed by atoms with Gasteiger partial charge in [0, 0.05) is 70.0 Å². The van der Waals surface area contributed by atoms with Crippen molar-refractivity contribution in [3.05, 3.63) is 47.7 Å². The number of pyridine rings is 1. The van der Waals surface area contributed by atoms with Crippen LogP contribution in [0.25, 0.3) is 0 Å². The smallest absolute Gasteiger partial charge is 0.205 e. The maximum Gasteiger partial charge on any atom is 0.205 e. The van der Waals surface area contributed by atoms with Crippen LogP contribution in [0.4, 0.5) is 0 Å². The molecule has 2 aromatic heterocycles. The first-order valence-corrected chi connectivity index (χ1v) is 9.51. The van der Waals surface area contributed by atoms with Crippen LogP contribution in [0, 0.1) is 18.1 Å². The van der Waals surface area contributed by atoms with Crippen molar-refractivity contribution >= 4 is 11.6 Å². The van der Waals surface area contributed by atoms with Crippen molar-refractivity contribution in [2.75, 3.05) is 13.2 Å². The average Bonchev–Trinajstić information content (AvgIpc) is 3.30. The molecule has 4 rings (SSSR count). The molecule has 2 aliphatic carbocycles. The van der Waals surface area contributed by atoms with E-state index >= 15 is 0 Å². The number of aliphatic hydroxyl groups excluding tert-OH is 1. The van der Waals surface area contributed by atoms with Crippen LogP contribution >= 0.6 is 0 Å². The van der Waals surface area contributed by atoms with Crippen molar-refractivity contribution < 1.29 is 61.3 Å². The van der Waals surface area contributed by atoms with Gasteiger partial charge in [0.05, 0.1) is 24.3 Å². The summed E-state index contributed by atoms with van der Waals surface area (Å²) in [6.07, 6.45) is 6.11. The fraction of sp³-hybridized carbons (Fsp3) is 0.476. The summed E-state index contributed by atoms with van der Waals surface area (Å²) in [7, 11) is 0. The Hall–Kier alpha value is -1.41. The molecule has 0 amide bonds. The van der Waals surface area contributed by atoms with Gasteiger partial charge in [0.25, 0.3) is 0 Å². The van der Waals surface area contributed by atoms with E-state index in [2.05, 4.69) is 11.2 Å². The van der Waals surface area contributed by atoms with Gasteiger partial charge in [-0.25, -0.2) is 0 Å². The van der Waals surface area contributed by atoms with Crippen LogP contribution in [0.2, 0.25) is 0 Å². The summed E-state index contributed by atoms with van der Waals surface area (Å²) in [5.41, 5.74) is 1.53. The fourth-order valence-electron chi connectivity index (χ4n) is 3.90. The monoisotopic (exact) mass is 473 g/mol. The maximum atomic E-state index is 12.3. The first kappa shape index (κ1) is 22.3. The van der Waals surface area contributed by atoms with Crippen molar-refractivity contribution in [1.29, 1.82) is 0 Å². The molecular formula is C21H22NO6Y-. The van der Waals surface area contributed by atoms with Crippen LogP contribution < -0.4 is 4.74 Å². The molecule has 1 N–H and O–H groups in total. The first-order chi connectivity index (χ1) is 13.6. The predicted octanol–water partition coefficient (Wildman–Crippen LogP) is 2.21. The molecule has 1 fully saturated rings. The molecule has 0 bridgehead atoms. The van der Waals surface area contributed by atoms with Crippen LogP contribution in [-0.4, -0.2) is 34.9 Å². The van der Waals surface area contributed by atoms with Crippen molar-refractivity contribution in [2.24, 2.45) is 11.8 Å². The summed E-state index contributed by atoms with van der Waals surface area (Å²) in [6.45, 7) is 0.658. The minimum Gasteiger partial charge on any atom is -0.593 e. The zero-order valence-corrected chi connectivity index (χ0v) is 18.8. The second-order valence-corrected chi connectivity index (χ2v) is 7.28. The Morgan fingerprint density at radius 2 is 2.14 bits per heavy atom. The van der Waals surface area contributed by atoms with Gasteiger partial charge in [-0.05, 0) is 37.4 Å². The van der Waals surface area contributed by atoms with Crippen LogP contribution in [-0.2, 0) is 60.1 Å². The van der Waals surface area contributed by atoms with Gasteiger partial charge >= 0.3 is 0 Å². The molecule has 7 nitrogen and oxygen atoms in total. The molecular weight excluding hydrogens is 451 g/mol. The van der Waals surface area contributed by atoms with E-state index in [0.29, 0.717) is 23.6 Å². The second-order valence-electron chi connectivity index (χ2n) is 7.28. The number of hydrogen-bond acceptors (Lipinski definition) is 7. The number of carbonyl (C=O) groups is 2. The Labute approximate surface area is 194 Å². The molecule has 1 radical (unpaired) electrons. The number of carbonyl (C=O) groups excluding carboxylic acids is 2. The molecule has 0 saturated heterocycles. The van der Waals surface area contributed by atoms with E-state index in [0.717, 1.165) is 18.4 Å². The minimum absolute atomic E-state index is 0. The van der Waals surface area contributed by atoms with E-state index in [4.69, 9.17) is 13.9 Å². The summed E-state index contributed by atoms with van der Waals surface area (Å²) in [4.78, 5) is 28.5. The molecule has 2 aliphatic rings. The molecule has 0 aliphatic heterocycles. The van der Waals surface area contributed by atoms with Crippen LogP contribution in [0.5, 0.6) is 5.75 Å². The number of furan rings is 1. The van der Waals surface area contributed by atoms with Gasteiger partial charge in [0.2, 0.25) is 5.78 Å². The molecule has 1 saturated carbocycles. The second kappa shape index (κ2) is 10.1. The third-order valence-electron chi connectivity index (χ3n) is 5.42. The number of Topliss-reactive ketones (excluding diaryl/α,β-unsaturated/α-hetero) is 2. The predicted molar refractivity (Wildman–Crippen MR) is 96.4 cm³/mol. The molecule has 151 valence electrons. The van der Waals surface area contributed by atoms with Gasteiger partial charge in [0.15, 0.2) is 5.78 Å². The standard InChI is InChI=1S/C21H22NO6.Y/c23-17-5-1-4-15-19(6-7-22-20(15)17)28-12-16-13(9-18(24)21(16)25)10-26-11-14-3-2-8-27-14;/h2-3,6-7,13,16-17,23H,1,4-5,9-12H2;/q-1;/t13-,16-,17?;/m1./s1. The van der Waals surface area contributed by atoms with E-state index in [1.165, 1.54) is 0 Å². The Morgan fingerprint density at radius 1 is 1.28 bits per heavy atom. The SMILES string of the molecule is O=C1C[C@H](COCc2cc[c-]o2)[C@@H](COc2ccnc3c2CCCC3O)C1=O.[Y]. The van der Waals surface area contributed by atoms with Gasteiger partial charge in [-0.3, -0.25) is 14.6 Å². The number of rotatable bonds is 7. The molecule has 0 spiro atoms. The summed E-state index contributed by atoms with van der Waals surface area (Å²) >= 11 is 0. The molecule has 3 atom stereocenters. The van der Waals surface area contributed by atoms with E-state index in [1.807, 2.05) is 0 Å². The molecule has 1 unspecified atom stereocenters. The van der Waals surface area contributed by atoms with Gasteiger partial charge in [-0.15, -0.1) is 6.07 Å². The van der Waals surface area contributed by atoms with E-state index < -0.39 is 17.8 Å². The fourth-order valence-corrected chi connectivity index (χ4v) is 3.90. The molecule has 29 heavy (non-hydrogen) atoms. The summed E-state index contributed by atoms with van der Waals surface area (Å²) in [6, 6.07) is 5.16. The third kappa shape index (κ3) is 5.02. The van der Waals surface area contributed by atoms with E-state index in [-0.39, 0.29) is 70.7 Å². The van der Waals surface area contributed by atoms with Crippen molar-refractivity contribution in [3.63, 3.8) is 0 Å². The van der Waals surface area contributed by atoms with Gasteiger partial charge in [0.1, 0.15) is 5.75 Å². The Morgan fingerprint density at radius 3 is 2.93 bits per heavy atom. The molecule has 0 aromatic carbocycles. The molecule has 8 heteroatoms. The Bertz CT molecular complexity index is 853. The quantitative estimate of drug-likeness (QED) is 0.487. The van der Waals surface area contributed by atoms with Gasteiger partial charge < -0.3 is 19.0 Å². The summed E-state index contributed by atoms with van der Waals surface area (Å²) in [5.74, 6) is -0.258. The number of nitrogens with zero attached hydrogens (tertiary/aromatic N) is 1. The number of aromatic nitrogens is 1. The third-order valence-corrected chi connectivity index (χ3v) is 5.42. The zero-order chi connectivity index (χ0) is 19.5. The van der Waals surface area contributed by atoms with Crippen LogP contribution in [0.15, 0.2) is 28.8 Å². The topological polar surface area (TPSA) is 98.9 Å². The number of fused-ring (bicyclic) bond motifs is 1. The number of ether oxygens (including phenoxy) is 2.